The summed E-state index contributed by atoms with van der Waals surface area (Å²) < 4.78 is 6.82. The first-order valence-electron chi connectivity index (χ1n) is 5.81. The summed E-state index contributed by atoms with van der Waals surface area (Å²) in [4.78, 5) is 16.5. The van der Waals surface area contributed by atoms with Gasteiger partial charge in [0.25, 0.3) is 0 Å². The average molecular weight is 247 g/mol. The summed E-state index contributed by atoms with van der Waals surface area (Å²) in [7, 11) is 1.72. The van der Waals surface area contributed by atoms with Crippen LogP contribution < -0.4 is 5.32 Å². The third-order valence-electron chi connectivity index (χ3n) is 2.36. The van der Waals surface area contributed by atoms with E-state index in [2.05, 4.69) is 10.3 Å². The molecule has 1 N–H and O–H groups in total. The lowest BCUT2D eigenvalue weighted by Crippen LogP contribution is -2.27. The van der Waals surface area contributed by atoms with E-state index in [9.17, 15) is 4.79 Å². The summed E-state index contributed by atoms with van der Waals surface area (Å²) in [5.41, 5.74) is 0.955. The van der Waals surface area contributed by atoms with Gasteiger partial charge >= 0.3 is 6.09 Å². The van der Waals surface area contributed by atoms with Crippen molar-refractivity contribution < 1.29 is 9.53 Å². The second-order valence-electron chi connectivity index (χ2n) is 4.99. The van der Waals surface area contributed by atoms with Crippen LogP contribution in [0.4, 0.5) is 10.7 Å². The molecule has 0 aliphatic rings. The van der Waals surface area contributed by atoms with Gasteiger partial charge in [0.15, 0.2) is 0 Å². The van der Waals surface area contributed by atoms with E-state index >= 15 is 0 Å². The number of benzene rings is 1. The van der Waals surface area contributed by atoms with E-state index in [0.29, 0.717) is 5.95 Å². The highest BCUT2D eigenvalue weighted by Crippen LogP contribution is 2.21. The molecule has 0 radical (unpaired) electrons. The van der Waals surface area contributed by atoms with Gasteiger partial charge in [-0.25, -0.2) is 14.3 Å². The minimum absolute atomic E-state index is 0.430. The number of para-hydroxylation sites is 2. The molecule has 0 bridgehead atoms. The maximum Gasteiger partial charge on any atom is 0.421 e. The van der Waals surface area contributed by atoms with Crippen molar-refractivity contribution >= 4 is 23.1 Å². The van der Waals surface area contributed by atoms with Crippen molar-refractivity contribution in [3.8, 4) is 0 Å². The normalized spacial score (nSPS) is 11.6. The van der Waals surface area contributed by atoms with Crippen molar-refractivity contribution in [3.63, 3.8) is 0 Å². The van der Waals surface area contributed by atoms with Crippen LogP contribution in [0, 0.1) is 0 Å². The third-order valence-corrected chi connectivity index (χ3v) is 2.36. The minimum atomic E-state index is -0.534. The van der Waals surface area contributed by atoms with Crippen molar-refractivity contribution in [2.24, 2.45) is 0 Å². The van der Waals surface area contributed by atoms with Gasteiger partial charge in [0.1, 0.15) is 5.60 Å². The lowest BCUT2D eigenvalue weighted by molar-refractivity contribution is 0.0547. The Hall–Kier alpha value is -2.04. The fourth-order valence-corrected chi connectivity index (χ4v) is 1.69. The molecule has 0 aliphatic heterocycles. The average Bonchev–Trinajstić information content (AvgIpc) is 2.64. The Morgan fingerprint density at radius 2 is 2.00 bits per heavy atom. The third kappa shape index (κ3) is 2.30. The molecule has 5 heteroatoms. The van der Waals surface area contributed by atoms with E-state index in [1.54, 1.807) is 7.05 Å². The molecule has 0 saturated carbocycles. The number of rotatable bonds is 1. The molecule has 0 atom stereocenters. The van der Waals surface area contributed by atoms with Gasteiger partial charge in [0.05, 0.1) is 11.0 Å². The van der Waals surface area contributed by atoms with Crippen LogP contribution in [0.5, 0.6) is 0 Å². The topological polar surface area (TPSA) is 56.2 Å². The summed E-state index contributed by atoms with van der Waals surface area (Å²) in [6.45, 7) is 5.51. The Morgan fingerprint density at radius 3 is 2.61 bits per heavy atom. The molecule has 0 unspecified atom stereocenters. The SMILES string of the molecule is CNc1nc2ccccc2n1C(=O)OC(C)(C)C. The maximum absolute atomic E-state index is 12.2. The number of carbonyl (C=O) groups is 1. The van der Waals surface area contributed by atoms with Gasteiger partial charge in [0, 0.05) is 7.05 Å². The Kier molecular flexibility index (Phi) is 2.98. The quantitative estimate of drug-likeness (QED) is 0.841. The van der Waals surface area contributed by atoms with Crippen molar-refractivity contribution in [2.45, 2.75) is 26.4 Å². The second kappa shape index (κ2) is 4.33. The lowest BCUT2D eigenvalue weighted by atomic mass is 10.2. The minimum Gasteiger partial charge on any atom is -0.443 e. The number of fused-ring (bicyclic) bond motifs is 1. The molecule has 2 rings (SSSR count). The van der Waals surface area contributed by atoms with E-state index in [1.165, 1.54) is 4.57 Å². The molecule has 0 saturated heterocycles. The molecule has 2 aromatic rings. The highest BCUT2D eigenvalue weighted by molar-refractivity contribution is 5.90. The largest absolute Gasteiger partial charge is 0.443 e. The zero-order valence-corrected chi connectivity index (χ0v) is 11.0. The van der Waals surface area contributed by atoms with Gasteiger partial charge in [-0.2, -0.15) is 0 Å². The van der Waals surface area contributed by atoms with Crippen LogP contribution in [0.1, 0.15) is 20.8 Å². The summed E-state index contributed by atoms with van der Waals surface area (Å²) in [6, 6.07) is 7.45. The number of carbonyl (C=O) groups excluding carboxylic acids is 1. The molecule has 0 aliphatic carbocycles. The Labute approximate surface area is 106 Å². The number of nitrogens with one attached hydrogen (secondary N) is 1. The number of imidazole rings is 1. The summed E-state index contributed by atoms with van der Waals surface area (Å²) in [6.07, 6.45) is -0.430. The molecule has 0 fully saturated rings. The van der Waals surface area contributed by atoms with Gasteiger partial charge < -0.3 is 10.1 Å². The smallest absolute Gasteiger partial charge is 0.421 e. The molecule has 0 amide bonds. The van der Waals surface area contributed by atoms with Crippen LogP contribution in [-0.2, 0) is 4.74 Å². The van der Waals surface area contributed by atoms with E-state index in [4.69, 9.17) is 4.74 Å². The van der Waals surface area contributed by atoms with Gasteiger partial charge in [-0.1, -0.05) is 12.1 Å². The number of nitrogens with zero attached hydrogens (tertiary/aromatic N) is 2. The zero-order chi connectivity index (χ0) is 13.3. The monoisotopic (exact) mass is 247 g/mol. The van der Waals surface area contributed by atoms with Crippen LogP contribution in [-0.4, -0.2) is 28.3 Å². The standard InChI is InChI=1S/C13H17N3O2/c1-13(2,3)18-12(17)16-10-8-6-5-7-9(10)15-11(16)14-4/h5-8H,1-4H3,(H,14,15). The van der Waals surface area contributed by atoms with Gasteiger partial charge in [0.2, 0.25) is 5.95 Å². The molecular weight excluding hydrogens is 230 g/mol. The van der Waals surface area contributed by atoms with Crippen molar-refractivity contribution in [1.82, 2.24) is 9.55 Å². The summed E-state index contributed by atoms with van der Waals surface area (Å²) in [5, 5.41) is 2.90. The molecule has 96 valence electrons. The molecule has 1 heterocycles. The van der Waals surface area contributed by atoms with E-state index in [1.807, 2.05) is 45.0 Å². The van der Waals surface area contributed by atoms with Gasteiger partial charge in [-0.05, 0) is 32.9 Å². The number of hydrogen-bond donors (Lipinski definition) is 1. The fraction of sp³-hybridized carbons (Fsp3) is 0.385. The first-order chi connectivity index (χ1) is 8.42. The number of aromatic nitrogens is 2. The van der Waals surface area contributed by atoms with E-state index < -0.39 is 11.7 Å². The van der Waals surface area contributed by atoms with E-state index in [-0.39, 0.29) is 0 Å². The lowest BCUT2D eigenvalue weighted by Gasteiger charge is -2.20. The van der Waals surface area contributed by atoms with Crippen LogP contribution in [0.2, 0.25) is 0 Å². The van der Waals surface area contributed by atoms with Crippen molar-refractivity contribution in [3.05, 3.63) is 24.3 Å². The molecular formula is C13H17N3O2. The van der Waals surface area contributed by atoms with Crippen molar-refractivity contribution in [2.75, 3.05) is 12.4 Å². The Balaban J connectivity index is 2.51. The fourth-order valence-electron chi connectivity index (χ4n) is 1.69. The Bertz CT molecular complexity index is 581. The van der Waals surface area contributed by atoms with Crippen LogP contribution in [0.25, 0.3) is 11.0 Å². The summed E-state index contributed by atoms with van der Waals surface area (Å²) in [5.74, 6) is 0.477. The number of hydrogen-bond acceptors (Lipinski definition) is 4. The first kappa shape index (κ1) is 12.4. The predicted octanol–water partition coefficient (Wildman–Crippen LogP) is 2.86. The Morgan fingerprint density at radius 1 is 1.33 bits per heavy atom. The van der Waals surface area contributed by atoms with Crippen molar-refractivity contribution in [1.29, 1.82) is 0 Å². The predicted molar refractivity (Wildman–Crippen MR) is 70.9 cm³/mol. The molecule has 1 aromatic carbocycles. The van der Waals surface area contributed by atoms with Crippen LogP contribution in [0.15, 0.2) is 24.3 Å². The van der Waals surface area contributed by atoms with Crippen LogP contribution in [0.3, 0.4) is 0 Å². The zero-order valence-electron chi connectivity index (χ0n) is 11.0. The molecule has 1 aromatic heterocycles. The van der Waals surface area contributed by atoms with Crippen LogP contribution >= 0.6 is 0 Å². The molecule has 5 nitrogen and oxygen atoms in total. The molecule has 0 spiro atoms. The number of ether oxygens (including phenoxy) is 1. The summed E-state index contributed by atoms with van der Waals surface area (Å²) >= 11 is 0. The van der Waals surface area contributed by atoms with Gasteiger partial charge in [-0.15, -0.1) is 0 Å². The highest BCUT2D eigenvalue weighted by atomic mass is 16.6. The first-order valence-corrected chi connectivity index (χ1v) is 5.81. The number of anilines is 1. The second-order valence-corrected chi connectivity index (χ2v) is 4.99. The highest BCUT2D eigenvalue weighted by Gasteiger charge is 2.22. The van der Waals surface area contributed by atoms with Gasteiger partial charge in [-0.3, -0.25) is 0 Å². The maximum atomic E-state index is 12.2. The molecule has 18 heavy (non-hydrogen) atoms. The van der Waals surface area contributed by atoms with E-state index in [0.717, 1.165) is 11.0 Å².